The third-order valence-corrected chi connectivity index (χ3v) is 6.12. The molecule has 1 aliphatic heterocycles. The van der Waals surface area contributed by atoms with Crippen LogP contribution in [-0.2, 0) is 0 Å². The molecule has 2 saturated carbocycles. The summed E-state index contributed by atoms with van der Waals surface area (Å²) in [5, 5.41) is 0. The second-order valence-corrected chi connectivity index (χ2v) is 7.61. The quantitative estimate of drug-likeness (QED) is 0.774. The molecule has 3 rings (SSSR count). The second kappa shape index (κ2) is 4.79. The lowest BCUT2D eigenvalue weighted by atomic mass is 9.70. The molecule has 2 aliphatic carbocycles. The predicted molar refractivity (Wildman–Crippen MR) is 76.5 cm³/mol. The number of hydrogen-bond donors (Lipinski definition) is 1. The zero-order valence-corrected chi connectivity index (χ0v) is 12.2. The van der Waals surface area contributed by atoms with Gasteiger partial charge in [-0.3, -0.25) is 4.90 Å². The number of fused-ring (bicyclic) bond motifs is 1. The van der Waals surface area contributed by atoms with Crippen LogP contribution in [0.4, 0.5) is 0 Å². The van der Waals surface area contributed by atoms with E-state index in [1.807, 2.05) is 0 Å². The highest BCUT2D eigenvalue weighted by atomic mass is 15.2. The summed E-state index contributed by atoms with van der Waals surface area (Å²) in [5.74, 6) is 0.996. The van der Waals surface area contributed by atoms with Crippen molar-refractivity contribution in [2.45, 2.75) is 83.3 Å². The van der Waals surface area contributed by atoms with Crippen LogP contribution in [0.2, 0.25) is 0 Å². The van der Waals surface area contributed by atoms with Gasteiger partial charge >= 0.3 is 0 Å². The summed E-state index contributed by atoms with van der Waals surface area (Å²) in [5.41, 5.74) is 6.96. The Morgan fingerprint density at radius 1 is 0.944 bits per heavy atom. The maximum absolute atomic E-state index is 6.62. The van der Waals surface area contributed by atoms with E-state index in [2.05, 4.69) is 18.7 Å². The SMILES string of the molecule is CC1(C)CCCC(N2CCC3CCCCC32)C1N. The van der Waals surface area contributed by atoms with Gasteiger partial charge in [-0.1, -0.05) is 33.1 Å². The van der Waals surface area contributed by atoms with Crippen molar-refractivity contribution in [1.82, 2.24) is 4.90 Å². The second-order valence-electron chi connectivity index (χ2n) is 7.61. The first-order valence-corrected chi connectivity index (χ1v) is 8.11. The molecule has 104 valence electrons. The van der Waals surface area contributed by atoms with Crippen LogP contribution in [0.15, 0.2) is 0 Å². The van der Waals surface area contributed by atoms with Gasteiger partial charge in [0.2, 0.25) is 0 Å². The highest BCUT2D eigenvalue weighted by molar-refractivity contribution is 5.01. The first kappa shape index (κ1) is 12.9. The van der Waals surface area contributed by atoms with E-state index in [0.717, 1.165) is 12.0 Å². The fourth-order valence-corrected chi connectivity index (χ4v) is 4.86. The zero-order chi connectivity index (χ0) is 12.8. The summed E-state index contributed by atoms with van der Waals surface area (Å²) in [6, 6.07) is 1.93. The summed E-state index contributed by atoms with van der Waals surface area (Å²) in [4.78, 5) is 2.83. The van der Waals surface area contributed by atoms with Gasteiger partial charge in [-0.25, -0.2) is 0 Å². The molecule has 0 aromatic carbocycles. The minimum absolute atomic E-state index is 0.343. The summed E-state index contributed by atoms with van der Waals surface area (Å²) in [6.45, 7) is 6.07. The Morgan fingerprint density at radius 3 is 2.50 bits per heavy atom. The summed E-state index contributed by atoms with van der Waals surface area (Å²) < 4.78 is 0. The molecule has 2 nitrogen and oxygen atoms in total. The Morgan fingerprint density at radius 2 is 1.67 bits per heavy atom. The molecule has 18 heavy (non-hydrogen) atoms. The predicted octanol–water partition coefficient (Wildman–Crippen LogP) is 3.16. The molecule has 0 aromatic rings. The zero-order valence-electron chi connectivity index (χ0n) is 12.2. The Balaban J connectivity index is 1.74. The Bertz CT molecular complexity index is 299. The molecule has 3 aliphatic rings. The largest absolute Gasteiger partial charge is 0.326 e. The molecule has 4 atom stereocenters. The summed E-state index contributed by atoms with van der Waals surface area (Å²) in [7, 11) is 0. The minimum Gasteiger partial charge on any atom is -0.326 e. The van der Waals surface area contributed by atoms with Crippen molar-refractivity contribution in [3.8, 4) is 0 Å². The monoisotopic (exact) mass is 250 g/mol. The fraction of sp³-hybridized carbons (Fsp3) is 1.00. The third-order valence-electron chi connectivity index (χ3n) is 6.12. The number of likely N-dealkylation sites (tertiary alicyclic amines) is 1. The Kier molecular flexibility index (Phi) is 3.44. The number of nitrogens with two attached hydrogens (primary N) is 1. The van der Waals surface area contributed by atoms with Gasteiger partial charge in [0.15, 0.2) is 0 Å². The molecule has 0 aromatic heterocycles. The van der Waals surface area contributed by atoms with Crippen LogP contribution in [0.1, 0.15) is 65.2 Å². The molecule has 0 bridgehead atoms. The van der Waals surface area contributed by atoms with Crippen LogP contribution in [0.5, 0.6) is 0 Å². The van der Waals surface area contributed by atoms with Crippen LogP contribution in [0.3, 0.4) is 0 Å². The normalized spacial score (nSPS) is 44.8. The lowest BCUT2D eigenvalue weighted by Gasteiger charge is -2.48. The first-order chi connectivity index (χ1) is 8.59. The minimum atomic E-state index is 0.343. The van der Waals surface area contributed by atoms with Gasteiger partial charge in [-0.05, 0) is 50.0 Å². The topological polar surface area (TPSA) is 29.3 Å². The standard InChI is InChI=1S/C16H30N2/c1-16(2)10-5-8-14(15(16)17)18-11-9-12-6-3-4-7-13(12)18/h12-15H,3-11,17H2,1-2H3. The van der Waals surface area contributed by atoms with Crippen LogP contribution in [0.25, 0.3) is 0 Å². The van der Waals surface area contributed by atoms with Gasteiger partial charge in [-0.2, -0.15) is 0 Å². The molecule has 2 N–H and O–H groups in total. The van der Waals surface area contributed by atoms with E-state index in [-0.39, 0.29) is 0 Å². The van der Waals surface area contributed by atoms with E-state index in [4.69, 9.17) is 5.73 Å². The van der Waals surface area contributed by atoms with Crippen molar-refractivity contribution in [1.29, 1.82) is 0 Å². The summed E-state index contributed by atoms with van der Waals surface area (Å²) >= 11 is 0. The van der Waals surface area contributed by atoms with Crippen molar-refractivity contribution in [3.05, 3.63) is 0 Å². The molecule has 2 heteroatoms. The van der Waals surface area contributed by atoms with Gasteiger partial charge in [0.05, 0.1) is 0 Å². The molecule has 4 unspecified atom stereocenters. The molecule has 1 heterocycles. The van der Waals surface area contributed by atoms with Crippen molar-refractivity contribution < 1.29 is 0 Å². The third kappa shape index (κ3) is 2.12. The van der Waals surface area contributed by atoms with Crippen LogP contribution < -0.4 is 5.73 Å². The van der Waals surface area contributed by atoms with E-state index in [1.54, 1.807) is 0 Å². The van der Waals surface area contributed by atoms with E-state index in [0.29, 0.717) is 17.5 Å². The smallest absolute Gasteiger partial charge is 0.0255 e. The van der Waals surface area contributed by atoms with Gasteiger partial charge in [0, 0.05) is 18.1 Å². The Hall–Kier alpha value is -0.0800. The van der Waals surface area contributed by atoms with Crippen LogP contribution in [0, 0.1) is 11.3 Å². The maximum atomic E-state index is 6.62. The van der Waals surface area contributed by atoms with E-state index >= 15 is 0 Å². The van der Waals surface area contributed by atoms with E-state index in [1.165, 1.54) is 57.9 Å². The van der Waals surface area contributed by atoms with Gasteiger partial charge in [0.1, 0.15) is 0 Å². The molecule has 0 radical (unpaired) electrons. The van der Waals surface area contributed by atoms with Crippen molar-refractivity contribution in [2.75, 3.05) is 6.54 Å². The highest BCUT2D eigenvalue weighted by Gasteiger charge is 2.45. The highest BCUT2D eigenvalue weighted by Crippen LogP contribution is 2.43. The fourth-order valence-electron chi connectivity index (χ4n) is 4.86. The molecule has 3 fully saturated rings. The molecule has 0 amide bonds. The average Bonchev–Trinajstić information content (AvgIpc) is 2.76. The molecule has 1 saturated heterocycles. The first-order valence-electron chi connectivity index (χ1n) is 8.11. The van der Waals surface area contributed by atoms with Crippen molar-refractivity contribution in [3.63, 3.8) is 0 Å². The van der Waals surface area contributed by atoms with Crippen molar-refractivity contribution in [2.24, 2.45) is 17.1 Å². The lowest BCUT2D eigenvalue weighted by molar-refractivity contribution is 0.0442. The molecule has 0 spiro atoms. The molecular weight excluding hydrogens is 220 g/mol. The van der Waals surface area contributed by atoms with E-state index in [9.17, 15) is 0 Å². The number of nitrogens with zero attached hydrogens (tertiary/aromatic N) is 1. The van der Waals surface area contributed by atoms with Gasteiger partial charge < -0.3 is 5.73 Å². The van der Waals surface area contributed by atoms with Gasteiger partial charge in [-0.15, -0.1) is 0 Å². The number of hydrogen-bond acceptors (Lipinski definition) is 2. The van der Waals surface area contributed by atoms with E-state index < -0.39 is 0 Å². The Labute approximate surface area is 112 Å². The average molecular weight is 250 g/mol. The number of rotatable bonds is 1. The van der Waals surface area contributed by atoms with Gasteiger partial charge in [0.25, 0.3) is 0 Å². The molecular formula is C16H30N2. The van der Waals surface area contributed by atoms with Crippen molar-refractivity contribution >= 4 is 0 Å². The summed E-state index contributed by atoms with van der Waals surface area (Å²) in [6.07, 6.45) is 11.3. The lowest BCUT2D eigenvalue weighted by Crippen LogP contribution is -2.58. The van der Waals surface area contributed by atoms with Crippen LogP contribution in [-0.4, -0.2) is 29.6 Å². The maximum Gasteiger partial charge on any atom is 0.0255 e. The van der Waals surface area contributed by atoms with Crippen LogP contribution >= 0.6 is 0 Å².